The smallest absolute Gasteiger partial charge is 0.168 e. The van der Waals surface area contributed by atoms with Gasteiger partial charge in [0, 0.05) is 18.3 Å². The Labute approximate surface area is 202 Å². The number of hydrogen-bond donors (Lipinski definition) is 0. The van der Waals surface area contributed by atoms with Gasteiger partial charge >= 0.3 is 0 Å². The summed E-state index contributed by atoms with van der Waals surface area (Å²) in [7, 11) is 1.70. The highest BCUT2D eigenvalue weighted by Crippen LogP contribution is 2.49. The molecule has 5 heteroatoms. The fourth-order valence-electron chi connectivity index (χ4n) is 5.65. The lowest BCUT2D eigenvalue weighted by Gasteiger charge is -2.42. The summed E-state index contributed by atoms with van der Waals surface area (Å²) in [4.78, 5) is 0. The van der Waals surface area contributed by atoms with Crippen molar-refractivity contribution in [2.24, 2.45) is 0 Å². The molecule has 2 aromatic carbocycles. The van der Waals surface area contributed by atoms with Crippen LogP contribution in [0.15, 0.2) is 48.5 Å². The predicted octanol–water partition coefficient (Wildman–Crippen LogP) is 6.16. The quantitative estimate of drug-likeness (QED) is 0.518. The minimum atomic E-state index is -0.437. The molecular weight excluding hydrogens is 426 g/mol. The van der Waals surface area contributed by atoms with Crippen LogP contribution in [0.1, 0.15) is 68.1 Å². The van der Waals surface area contributed by atoms with Crippen molar-refractivity contribution in [1.29, 1.82) is 5.26 Å². The molecule has 1 heterocycles. The molecule has 1 saturated heterocycles. The van der Waals surface area contributed by atoms with E-state index < -0.39 is 5.79 Å². The Kier molecular flexibility index (Phi) is 6.63. The number of methoxy groups -OCH3 is 1. The summed E-state index contributed by atoms with van der Waals surface area (Å²) in [5.41, 5.74) is 2.75. The van der Waals surface area contributed by atoms with Crippen molar-refractivity contribution < 1.29 is 18.9 Å². The Balaban J connectivity index is 1.49. The normalized spacial score (nSPS) is 21.6. The lowest BCUT2D eigenvalue weighted by molar-refractivity contribution is -0.182. The van der Waals surface area contributed by atoms with E-state index in [-0.39, 0.29) is 11.5 Å². The zero-order chi connectivity index (χ0) is 23.4. The van der Waals surface area contributed by atoms with Crippen LogP contribution in [0.2, 0.25) is 0 Å². The first kappa shape index (κ1) is 23.0. The molecule has 0 atom stereocenters. The van der Waals surface area contributed by atoms with E-state index in [2.05, 4.69) is 30.4 Å². The molecule has 2 aliphatic carbocycles. The van der Waals surface area contributed by atoms with Gasteiger partial charge in [-0.3, -0.25) is 0 Å². The van der Waals surface area contributed by atoms with Gasteiger partial charge in [0.1, 0.15) is 0 Å². The van der Waals surface area contributed by atoms with Gasteiger partial charge in [-0.05, 0) is 73.9 Å². The summed E-state index contributed by atoms with van der Waals surface area (Å²) in [6, 6.07) is 16.4. The van der Waals surface area contributed by atoms with Gasteiger partial charge < -0.3 is 18.9 Å². The van der Waals surface area contributed by atoms with E-state index in [0.717, 1.165) is 55.6 Å². The molecule has 178 valence electrons. The highest BCUT2D eigenvalue weighted by atomic mass is 16.7. The maximum atomic E-state index is 9.29. The molecule has 1 aliphatic heterocycles. The van der Waals surface area contributed by atoms with E-state index in [9.17, 15) is 5.26 Å². The molecule has 3 aliphatic rings. The number of ether oxygens (including phenoxy) is 4. The van der Waals surface area contributed by atoms with Gasteiger partial charge in [0.05, 0.1) is 38.1 Å². The van der Waals surface area contributed by atoms with Crippen molar-refractivity contribution in [1.82, 2.24) is 0 Å². The van der Waals surface area contributed by atoms with E-state index in [0.29, 0.717) is 18.8 Å². The van der Waals surface area contributed by atoms with Crippen LogP contribution in [0.25, 0.3) is 6.08 Å². The van der Waals surface area contributed by atoms with Crippen LogP contribution in [0.3, 0.4) is 0 Å². The van der Waals surface area contributed by atoms with E-state index >= 15 is 0 Å². The van der Waals surface area contributed by atoms with Crippen LogP contribution in [-0.2, 0) is 14.9 Å². The number of rotatable bonds is 6. The first-order valence-electron chi connectivity index (χ1n) is 12.5. The Bertz CT molecular complexity index is 1060. The van der Waals surface area contributed by atoms with Crippen LogP contribution < -0.4 is 9.47 Å². The Morgan fingerprint density at radius 3 is 2.44 bits per heavy atom. The van der Waals surface area contributed by atoms with Crippen LogP contribution >= 0.6 is 0 Å². The van der Waals surface area contributed by atoms with Crippen molar-refractivity contribution >= 4 is 6.08 Å². The molecule has 3 fully saturated rings. The van der Waals surface area contributed by atoms with E-state index in [1.807, 2.05) is 30.3 Å². The Morgan fingerprint density at radius 2 is 1.74 bits per heavy atom. The Hall–Kier alpha value is -2.81. The number of benzene rings is 2. The molecule has 0 bridgehead atoms. The first-order chi connectivity index (χ1) is 16.6. The van der Waals surface area contributed by atoms with Gasteiger partial charge in [-0.25, -0.2) is 0 Å². The molecular formula is C29H33NO4. The van der Waals surface area contributed by atoms with Crippen LogP contribution in [0.5, 0.6) is 11.5 Å². The van der Waals surface area contributed by atoms with Crippen LogP contribution in [0.4, 0.5) is 0 Å². The number of hydrogen-bond acceptors (Lipinski definition) is 5. The largest absolute Gasteiger partial charge is 0.493 e. The second-order valence-electron chi connectivity index (χ2n) is 9.72. The molecule has 5 nitrogen and oxygen atoms in total. The molecule has 0 N–H and O–H groups in total. The highest BCUT2D eigenvalue weighted by Gasteiger charge is 2.46. The third-order valence-electron chi connectivity index (χ3n) is 7.66. The molecule has 0 unspecified atom stereocenters. The number of nitriles is 1. The molecule has 34 heavy (non-hydrogen) atoms. The van der Waals surface area contributed by atoms with Gasteiger partial charge in [0.2, 0.25) is 0 Å². The maximum absolute atomic E-state index is 9.29. The molecule has 5 rings (SSSR count). The van der Waals surface area contributed by atoms with Crippen molar-refractivity contribution in [2.45, 2.75) is 68.7 Å². The van der Waals surface area contributed by atoms with Crippen molar-refractivity contribution in [3.63, 3.8) is 0 Å². The molecule has 2 saturated carbocycles. The number of allylic oxidation sites excluding steroid dienone is 1. The zero-order valence-corrected chi connectivity index (χ0v) is 19.9. The summed E-state index contributed by atoms with van der Waals surface area (Å²) in [5, 5.41) is 9.29. The minimum absolute atomic E-state index is 0.177. The average molecular weight is 460 g/mol. The number of nitrogens with zero attached hydrogens (tertiary/aromatic N) is 1. The highest BCUT2D eigenvalue weighted by molar-refractivity contribution is 5.56. The SMILES string of the molecule is COc1ccc(C2(/C=C/c3cccc(C#N)c3)CCC3(CC2)OCCO3)cc1OC1CCCC1. The van der Waals surface area contributed by atoms with Gasteiger partial charge in [-0.2, -0.15) is 5.26 Å². The summed E-state index contributed by atoms with van der Waals surface area (Å²) in [5.74, 6) is 1.18. The van der Waals surface area contributed by atoms with Gasteiger partial charge in [-0.15, -0.1) is 0 Å². The maximum Gasteiger partial charge on any atom is 0.168 e. The summed E-state index contributed by atoms with van der Waals surface area (Å²) in [6.45, 7) is 1.34. The standard InChI is InChI=1S/C29H33NO4/c1-31-26-10-9-24(20-27(26)34-25-7-2-3-8-25)28(12-11-22-5-4-6-23(19-22)21-30)13-15-29(16-14-28)32-17-18-33-29/h4-6,9-12,19-20,25H,2-3,7-8,13-18H2,1H3/b12-11+. The lowest BCUT2D eigenvalue weighted by Crippen LogP contribution is -2.41. The summed E-state index contributed by atoms with van der Waals surface area (Å²) >= 11 is 0. The summed E-state index contributed by atoms with van der Waals surface area (Å²) in [6.07, 6.45) is 12.9. The van der Waals surface area contributed by atoms with Crippen molar-refractivity contribution in [3.05, 3.63) is 65.2 Å². The molecule has 0 amide bonds. The fraction of sp³-hybridized carbons (Fsp3) is 0.483. The third-order valence-corrected chi connectivity index (χ3v) is 7.66. The monoisotopic (exact) mass is 459 g/mol. The van der Waals surface area contributed by atoms with E-state index in [1.165, 1.54) is 18.4 Å². The molecule has 1 spiro atoms. The lowest BCUT2D eigenvalue weighted by atomic mass is 9.67. The predicted molar refractivity (Wildman–Crippen MR) is 131 cm³/mol. The second kappa shape index (κ2) is 9.82. The molecule has 2 aromatic rings. The van der Waals surface area contributed by atoms with Crippen molar-refractivity contribution in [3.8, 4) is 17.6 Å². The third kappa shape index (κ3) is 4.71. The Morgan fingerprint density at radius 1 is 0.971 bits per heavy atom. The topological polar surface area (TPSA) is 60.7 Å². The van der Waals surface area contributed by atoms with Crippen LogP contribution in [-0.4, -0.2) is 32.2 Å². The van der Waals surface area contributed by atoms with E-state index in [1.54, 1.807) is 7.11 Å². The van der Waals surface area contributed by atoms with E-state index in [4.69, 9.17) is 18.9 Å². The van der Waals surface area contributed by atoms with Crippen molar-refractivity contribution in [2.75, 3.05) is 20.3 Å². The summed E-state index contributed by atoms with van der Waals surface area (Å²) < 4.78 is 24.1. The average Bonchev–Trinajstić information content (AvgIpc) is 3.57. The zero-order valence-electron chi connectivity index (χ0n) is 19.9. The second-order valence-corrected chi connectivity index (χ2v) is 9.72. The van der Waals surface area contributed by atoms with Gasteiger partial charge in [0.15, 0.2) is 17.3 Å². The first-order valence-corrected chi connectivity index (χ1v) is 12.5. The molecule has 0 aromatic heterocycles. The van der Waals surface area contributed by atoms with Gasteiger partial charge in [-0.1, -0.05) is 30.4 Å². The minimum Gasteiger partial charge on any atom is -0.493 e. The fourth-order valence-corrected chi connectivity index (χ4v) is 5.65. The molecule has 0 radical (unpaired) electrons. The van der Waals surface area contributed by atoms with Gasteiger partial charge in [0.25, 0.3) is 0 Å². The van der Waals surface area contributed by atoms with Crippen LogP contribution in [0, 0.1) is 11.3 Å².